The van der Waals surface area contributed by atoms with Gasteiger partial charge in [-0.1, -0.05) is 23.2 Å². The summed E-state index contributed by atoms with van der Waals surface area (Å²) < 4.78 is 26.9. The molecule has 0 aromatic heterocycles. The van der Waals surface area contributed by atoms with E-state index in [2.05, 4.69) is 5.32 Å². The Labute approximate surface area is 145 Å². The molecule has 1 atom stereocenters. The van der Waals surface area contributed by atoms with Gasteiger partial charge in [-0.2, -0.15) is 4.31 Å². The van der Waals surface area contributed by atoms with Gasteiger partial charge in [0.25, 0.3) is 0 Å². The van der Waals surface area contributed by atoms with Crippen LogP contribution in [0, 0.1) is 5.92 Å². The van der Waals surface area contributed by atoms with E-state index >= 15 is 0 Å². The molecule has 0 radical (unpaired) electrons. The van der Waals surface area contributed by atoms with Crippen molar-refractivity contribution in [1.29, 1.82) is 0 Å². The average Bonchev–Trinajstić information content (AvgIpc) is 2.46. The standard InChI is InChI=1S/C14H18Cl2N2O4S/c15-11-3-4-13(12(16)6-11)23(21,22)18-5-1-2-10(9-18)7-17-8-14(19)20/h3-4,6,10,17H,1-2,5,7-9H2,(H,19,20). The Kier molecular flexibility index (Phi) is 6.27. The van der Waals surface area contributed by atoms with Crippen molar-refractivity contribution in [3.63, 3.8) is 0 Å². The highest BCUT2D eigenvalue weighted by Crippen LogP contribution is 2.30. The van der Waals surface area contributed by atoms with E-state index in [0.717, 1.165) is 12.8 Å². The number of carboxylic acids is 1. The molecule has 1 aromatic rings. The molecule has 1 heterocycles. The average molecular weight is 381 g/mol. The van der Waals surface area contributed by atoms with E-state index in [4.69, 9.17) is 28.3 Å². The Morgan fingerprint density at radius 1 is 1.39 bits per heavy atom. The Morgan fingerprint density at radius 2 is 2.13 bits per heavy atom. The number of nitrogens with zero attached hydrogens (tertiary/aromatic N) is 1. The Bertz CT molecular complexity index is 681. The molecule has 128 valence electrons. The van der Waals surface area contributed by atoms with E-state index in [9.17, 15) is 13.2 Å². The third kappa shape index (κ3) is 4.81. The van der Waals surface area contributed by atoms with Gasteiger partial charge in [0.2, 0.25) is 10.0 Å². The van der Waals surface area contributed by atoms with Crippen LogP contribution >= 0.6 is 23.2 Å². The molecule has 0 bridgehead atoms. The van der Waals surface area contributed by atoms with Crippen LogP contribution in [0.3, 0.4) is 0 Å². The number of benzene rings is 1. The molecule has 1 aromatic carbocycles. The zero-order chi connectivity index (χ0) is 17.0. The number of halogens is 2. The summed E-state index contributed by atoms with van der Waals surface area (Å²) in [5.74, 6) is -0.859. The molecule has 6 nitrogen and oxygen atoms in total. The first-order valence-corrected chi connectivity index (χ1v) is 9.38. The van der Waals surface area contributed by atoms with Gasteiger partial charge >= 0.3 is 5.97 Å². The normalized spacial score (nSPS) is 19.7. The molecular formula is C14H18Cl2N2O4S. The van der Waals surface area contributed by atoms with E-state index in [0.29, 0.717) is 24.7 Å². The van der Waals surface area contributed by atoms with Crippen LogP contribution in [0.15, 0.2) is 23.1 Å². The number of nitrogens with one attached hydrogen (secondary N) is 1. The lowest BCUT2D eigenvalue weighted by molar-refractivity contribution is -0.136. The number of carbonyl (C=O) groups is 1. The van der Waals surface area contributed by atoms with Crippen molar-refractivity contribution in [2.24, 2.45) is 5.92 Å². The molecule has 1 aliphatic heterocycles. The van der Waals surface area contributed by atoms with Crippen molar-refractivity contribution in [2.75, 3.05) is 26.2 Å². The van der Waals surface area contributed by atoms with Crippen LogP contribution < -0.4 is 5.32 Å². The van der Waals surface area contributed by atoms with Crippen molar-refractivity contribution >= 4 is 39.2 Å². The first-order valence-electron chi connectivity index (χ1n) is 7.18. The molecule has 1 unspecified atom stereocenters. The fourth-order valence-electron chi connectivity index (χ4n) is 2.62. The lowest BCUT2D eigenvalue weighted by Crippen LogP contribution is -2.43. The maximum atomic E-state index is 12.7. The van der Waals surface area contributed by atoms with Crippen LogP contribution in [0.25, 0.3) is 0 Å². The summed E-state index contributed by atoms with van der Waals surface area (Å²) in [6.45, 7) is 1.10. The van der Waals surface area contributed by atoms with Crippen molar-refractivity contribution < 1.29 is 18.3 Å². The van der Waals surface area contributed by atoms with Gasteiger partial charge < -0.3 is 10.4 Å². The Morgan fingerprint density at radius 3 is 2.78 bits per heavy atom. The number of piperidine rings is 1. The lowest BCUT2D eigenvalue weighted by atomic mass is 10.00. The van der Waals surface area contributed by atoms with Gasteiger partial charge in [0, 0.05) is 18.1 Å². The molecule has 1 saturated heterocycles. The number of hydrogen-bond acceptors (Lipinski definition) is 4. The molecule has 23 heavy (non-hydrogen) atoms. The second-order valence-corrected chi connectivity index (χ2v) is 8.22. The zero-order valence-corrected chi connectivity index (χ0v) is 14.7. The van der Waals surface area contributed by atoms with Crippen molar-refractivity contribution in [2.45, 2.75) is 17.7 Å². The first-order chi connectivity index (χ1) is 10.8. The summed E-state index contributed by atoms with van der Waals surface area (Å²) in [7, 11) is -3.69. The summed E-state index contributed by atoms with van der Waals surface area (Å²) >= 11 is 11.8. The van der Waals surface area contributed by atoms with Gasteiger partial charge in [0.05, 0.1) is 11.6 Å². The van der Waals surface area contributed by atoms with Crippen molar-refractivity contribution in [1.82, 2.24) is 9.62 Å². The lowest BCUT2D eigenvalue weighted by Gasteiger charge is -2.32. The Hall–Kier alpha value is -0.860. The fourth-order valence-corrected chi connectivity index (χ4v) is 4.92. The molecule has 1 aliphatic rings. The quantitative estimate of drug-likeness (QED) is 0.788. The smallest absolute Gasteiger partial charge is 0.317 e. The number of carboxylic acid groups (broad SMARTS) is 1. The maximum absolute atomic E-state index is 12.7. The highest BCUT2D eigenvalue weighted by molar-refractivity contribution is 7.89. The van der Waals surface area contributed by atoms with Crippen LogP contribution in [-0.2, 0) is 14.8 Å². The van der Waals surface area contributed by atoms with Gasteiger partial charge in [-0.15, -0.1) is 0 Å². The maximum Gasteiger partial charge on any atom is 0.317 e. The second-order valence-electron chi connectivity index (χ2n) is 5.47. The number of hydrogen-bond donors (Lipinski definition) is 2. The molecule has 2 N–H and O–H groups in total. The molecule has 0 aliphatic carbocycles. The summed E-state index contributed by atoms with van der Waals surface area (Å²) in [5.41, 5.74) is 0. The summed E-state index contributed by atoms with van der Waals surface area (Å²) in [6, 6.07) is 4.31. The van der Waals surface area contributed by atoms with Gasteiger partial charge in [0.15, 0.2) is 0 Å². The van der Waals surface area contributed by atoms with Crippen LogP contribution in [0.5, 0.6) is 0 Å². The van der Waals surface area contributed by atoms with Gasteiger partial charge in [-0.25, -0.2) is 8.42 Å². The van der Waals surface area contributed by atoms with E-state index in [1.165, 1.54) is 22.5 Å². The van der Waals surface area contributed by atoms with Crippen LogP contribution in [0.2, 0.25) is 10.0 Å². The van der Waals surface area contributed by atoms with E-state index < -0.39 is 16.0 Å². The third-order valence-corrected chi connectivity index (χ3v) is 6.29. The predicted molar refractivity (Wildman–Crippen MR) is 88.5 cm³/mol. The summed E-state index contributed by atoms with van der Waals surface area (Å²) in [6.07, 6.45) is 1.58. The molecule has 1 fully saturated rings. The number of sulfonamides is 1. The zero-order valence-electron chi connectivity index (χ0n) is 12.3. The van der Waals surface area contributed by atoms with Gasteiger partial charge in [-0.05, 0) is 43.5 Å². The number of rotatable bonds is 6. The molecule has 2 rings (SSSR count). The van der Waals surface area contributed by atoms with E-state index in [1.54, 1.807) is 0 Å². The van der Waals surface area contributed by atoms with E-state index in [1.807, 2.05) is 0 Å². The van der Waals surface area contributed by atoms with Gasteiger partial charge in [-0.3, -0.25) is 4.79 Å². The minimum absolute atomic E-state index is 0.0442. The summed E-state index contributed by atoms with van der Waals surface area (Å²) in [4.78, 5) is 10.6. The highest BCUT2D eigenvalue weighted by atomic mass is 35.5. The SMILES string of the molecule is O=C(O)CNCC1CCCN(S(=O)(=O)c2ccc(Cl)cc2Cl)C1. The molecule has 9 heteroatoms. The highest BCUT2D eigenvalue weighted by Gasteiger charge is 2.31. The predicted octanol–water partition coefficient (Wildman–Crippen LogP) is 2.07. The topological polar surface area (TPSA) is 86.7 Å². The van der Waals surface area contributed by atoms with Crippen LogP contribution in [0.4, 0.5) is 0 Å². The van der Waals surface area contributed by atoms with Crippen LogP contribution in [0.1, 0.15) is 12.8 Å². The Balaban J connectivity index is 2.08. The minimum Gasteiger partial charge on any atom is -0.480 e. The molecular weight excluding hydrogens is 363 g/mol. The molecule has 0 saturated carbocycles. The molecule has 0 amide bonds. The summed E-state index contributed by atoms with van der Waals surface area (Å²) in [5, 5.41) is 11.9. The van der Waals surface area contributed by atoms with Crippen molar-refractivity contribution in [3.05, 3.63) is 28.2 Å². The van der Waals surface area contributed by atoms with Crippen LogP contribution in [-0.4, -0.2) is 50.0 Å². The third-order valence-electron chi connectivity index (χ3n) is 3.70. The van der Waals surface area contributed by atoms with Gasteiger partial charge in [0.1, 0.15) is 4.90 Å². The second kappa shape index (κ2) is 7.81. The largest absolute Gasteiger partial charge is 0.480 e. The van der Waals surface area contributed by atoms with E-state index in [-0.39, 0.29) is 22.4 Å². The minimum atomic E-state index is -3.69. The molecule has 0 spiro atoms. The monoisotopic (exact) mass is 380 g/mol. The fraction of sp³-hybridized carbons (Fsp3) is 0.500. The van der Waals surface area contributed by atoms with Crippen molar-refractivity contribution in [3.8, 4) is 0 Å². The number of aliphatic carboxylic acids is 1. The first kappa shape index (κ1) is 18.5.